The predicted octanol–water partition coefficient (Wildman–Crippen LogP) is 1.48. The van der Waals surface area contributed by atoms with E-state index < -0.39 is 6.04 Å². The molecule has 2 fully saturated rings. The SMILES string of the molecule is COc1ccccc1N1CCN(CC(=O)N2CCNC(=O)C2CC(=O)Nc2cccc(C)c2)CC1. The quantitative estimate of drug-likeness (QED) is 0.625. The second-order valence-corrected chi connectivity index (χ2v) is 8.95. The number of carbonyl (C=O) groups is 3. The second-order valence-electron chi connectivity index (χ2n) is 8.95. The Hall–Kier alpha value is -3.59. The Balaban J connectivity index is 1.33. The molecule has 2 heterocycles. The molecule has 0 bridgehead atoms. The Bertz CT molecular complexity index is 1070. The van der Waals surface area contributed by atoms with Crippen molar-refractivity contribution in [2.24, 2.45) is 0 Å². The highest BCUT2D eigenvalue weighted by Crippen LogP contribution is 2.28. The molecule has 0 radical (unpaired) electrons. The molecule has 1 atom stereocenters. The zero-order valence-corrected chi connectivity index (χ0v) is 20.3. The number of amides is 3. The fourth-order valence-corrected chi connectivity index (χ4v) is 4.65. The highest BCUT2D eigenvalue weighted by Gasteiger charge is 2.35. The lowest BCUT2D eigenvalue weighted by molar-refractivity contribution is -0.145. The normalized spacial score (nSPS) is 18.7. The number of anilines is 2. The van der Waals surface area contributed by atoms with E-state index in [-0.39, 0.29) is 30.7 Å². The fraction of sp³-hybridized carbons (Fsp3) is 0.423. The number of para-hydroxylation sites is 2. The number of nitrogens with one attached hydrogen (secondary N) is 2. The molecular formula is C26H33N5O4. The highest BCUT2D eigenvalue weighted by molar-refractivity contribution is 5.97. The Labute approximate surface area is 206 Å². The summed E-state index contributed by atoms with van der Waals surface area (Å²) in [4.78, 5) is 44.4. The van der Waals surface area contributed by atoms with Gasteiger partial charge < -0.3 is 25.2 Å². The van der Waals surface area contributed by atoms with Crippen molar-refractivity contribution in [1.29, 1.82) is 0 Å². The summed E-state index contributed by atoms with van der Waals surface area (Å²) in [6.45, 7) is 5.96. The van der Waals surface area contributed by atoms with Gasteiger partial charge in [0.15, 0.2) is 0 Å². The average Bonchev–Trinajstić information content (AvgIpc) is 2.85. The van der Waals surface area contributed by atoms with E-state index in [0.29, 0.717) is 18.8 Å². The first-order valence-electron chi connectivity index (χ1n) is 12.0. The van der Waals surface area contributed by atoms with Crippen molar-refractivity contribution in [3.63, 3.8) is 0 Å². The summed E-state index contributed by atoms with van der Waals surface area (Å²) in [5, 5.41) is 5.63. The molecule has 9 nitrogen and oxygen atoms in total. The molecule has 0 aromatic heterocycles. The fourth-order valence-electron chi connectivity index (χ4n) is 4.65. The van der Waals surface area contributed by atoms with E-state index in [1.54, 1.807) is 18.1 Å². The number of methoxy groups -OCH3 is 1. The van der Waals surface area contributed by atoms with E-state index in [1.165, 1.54) is 0 Å². The van der Waals surface area contributed by atoms with E-state index >= 15 is 0 Å². The van der Waals surface area contributed by atoms with Crippen LogP contribution in [0, 0.1) is 6.92 Å². The Morgan fingerprint density at radius 1 is 1.06 bits per heavy atom. The number of piperazine rings is 2. The van der Waals surface area contributed by atoms with E-state index in [4.69, 9.17) is 4.74 Å². The van der Waals surface area contributed by atoms with Crippen molar-refractivity contribution in [2.75, 3.05) is 63.1 Å². The number of hydrogen-bond donors (Lipinski definition) is 2. The molecule has 4 rings (SSSR count). The van der Waals surface area contributed by atoms with Crippen LogP contribution in [0.4, 0.5) is 11.4 Å². The summed E-state index contributed by atoms with van der Waals surface area (Å²) in [5.41, 5.74) is 2.76. The van der Waals surface area contributed by atoms with Gasteiger partial charge in [0.05, 0.1) is 25.8 Å². The van der Waals surface area contributed by atoms with Gasteiger partial charge in [-0.1, -0.05) is 24.3 Å². The lowest BCUT2D eigenvalue weighted by atomic mass is 10.1. The number of nitrogens with zero attached hydrogens (tertiary/aromatic N) is 3. The lowest BCUT2D eigenvalue weighted by Gasteiger charge is -2.39. The summed E-state index contributed by atoms with van der Waals surface area (Å²) in [5.74, 6) is 0.132. The van der Waals surface area contributed by atoms with Crippen LogP contribution in [0.5, 0.6) is 5.75 Å². The van der Waals surface area contributed by atoms with E-state index in [0.717, 1.165) is 43.2 Å². The lowest BCUT2D eigenvalue weighted by Crippen LogP contribution is -2.60. The first kappa shape index (κ1) is 24.5. The summed E-state index contributed by atoms with van der Waals surface area (Å²) >= 11 is 0. The largest absolute Gasteiger partial charge is 0.495 e. The molecule has 2 aromatic rings. The molecule has 2 N–H and O–H groups in total. The van der Waals surface area contributed by atoms with Crippen molar-refractivity contribution in [2.45, 2.75) is 19.4 Å². The van der Waals surface area contributed by atoms with Crippen LogP contribution in [0.1, 0.15) is 12.0 Å². The van der Waals surface area contributed by atoms with Crippen molar-refractivity contribution in [3.05, 3.63) is 54.1 Å². The van der Waals surface area contributed by atoms with Gasteiger partial charge >= 0.3 is 0 Å². The monoisotopic (exact) mass is 479 g/mol. The van der Waals surface area contributed by atoms with Gasteiger partial charge in [-0.05, 0) is 36.8 Å². The maximum atomic E-state index is 13.2. The molecule has 2 saturated heterocycles. The van der Waals surface area contributed by atoms with Gasteiger partial charge in [0.2, 0.25) is 17.7 Å². The third-order valence-corrected chi connectivity index (χ3v) is 6.49. The summed E-state index contributed by atoms with van der Waals surface area (Å²) in [6.07, 6.45) is -0.0763. The molecule has 0 aliphatic carbocycles. The minimum atomic E-state index is -0.809. The minimum absolute atomic E-state index is 0.0763. The van der Waals surface area contributed by atoms with Gasteiger partial charge in [-0.2, -0.15) is 0 Å². The van der Waals surface area contributed by atoms with Gasteiger partial charge in [-0.3, -0.25) is 19.3 Å². The Kier molecular flexibility index (Phi) is 7.87. The zero-order valence-electron chi connectivity index (χ0n) is 20.3. The minimum Gasteiger partial charge on any atom is -0.495 e. The number of hydrogen-bond acceptors (Lipinski definition) is 6. The predicted molar refractivity (Wildman–Crippen MR) is 135 cm³/mol. The number of benzene rings is 2. The van der Waals surface area contributed by atoms with Crippen LogP contribution in [0.25, 0.3) is 0 Å². The molecule has 2 aliphatic heterocycles. The molecule has 3 amide bonds. The molecule has 9 heteroatoms. The van der Waals surface area contributed by atoms with Crippen LogP contribution in [0.15, 0.2) is 48.5 Å². The number of aryl methyl sites for hydroxylation is 1. The average molecular weight is 480 g/mol. The molecule has 35 heavy (non-hydrogen) atoms. The van der Waals surface area contributed by atoms with Gasteiger partial charge in [-0.15, -0.1) is 0 Å². The molecular weight excluding hydrogens is 446 g/mol. The van der Waals surface area contributed by atoms with Gasteiger partial charge in [0, 0.05) is 45.0 Å². The molecule has 2 aliphatic rings. The number of ether oxygens (including phenoxy) is 1. The Morgan fingerprint density at radius 2 is 1.83 bits per heavy atom. The zero-order chi connectivity index (χ0) is 24.8. The summed E-state index contributed by atoms with van der Waals surface area (Å²) < 4.78 is 5.48. The van der Waals surface area contributed by atoms with Crippen LogP contribution < -0.4 is 20.3 Å². The van der Waals surface area contributed by atoms with Crippen molar-refractivity contribution < 1.29 is 19.1 Å². The van der Waals surface area contributed by atoms with Crippen molar-refractivity contribution in [3.8, 4) is 5.75 Å². The van der Waals surface area contributed by atoms with Gasteiger partial charge in [0.25, 0.3) is 0 Å². The van der Waals surface area contributed by atoms with Crippen LogP contribution in [-0.2, 0) is 14.4 Å². The molecule has 0 spiro atoms. The van der Waals surface area contributed by atoms with Crippen LogP contribution in [-0.4, -0.2) is 86.5 Å². The summed E-state index contributed by atoms with van der Waals surface area (Å²) in [7, 11) is 1.67. The Morgan fingerprint density at radius 3 is 2.57 bits per heavy atom. The summed E-state index contributed by atoms with van der Waals surface area (Å²) in [6, 6.07) is 14.6. The van der Waals surface area contributed by atoms with E-state index in [9.17, 15) is 14.4 Å². The highest BCUT2D eigenvalue weighted by atomic mass is 16.5. The maximum Gasteiger partial charge on any atom is 0.243 e. The number of rotatable bonds is 7. The van der Waals surface area contributed by atoms with Crippen LogP contribution >= 0.6 is 0 Å². The standard InChI is InChI=1S/C26H33N5O4/c1-19-6-5-7-20(16-19)28-24(32)17-22-26(34)27-10-11-31(22)25(33)18-29-12-14-30(15-13-29)21-8-3-4-9-23(21)35-2/h3-9,16,22H,10-15,17-18H2,1-2H3,(H,27,34)(H,28,32). The maximum absolute atomic E-state index is 13.2. The molecule has 2 aromatic carbocycles. The van der Waals surface area contributed by atoms with Crippen molar-refractivity contribution in [1.82, 2.24) is 15.1 Å². The van der Waals surface area contributed by atoms with Crippen molar-refractivity contribution >= 4 is 29.1 Å². The molecule has 1 unspecified atom stereocenters. The first-order chi connectivity index (χ1) is 16.9. The third-order valence-electron chi connectivity index (χ3n) is 6.49. The van der Waals surface area contributed by atoms with Crippen LogP contribution in [0.2, 0.25) is 0 Å². The molecule has 0 saturated carbocycles. The smallest absolute Gasteiger partial charge is 0.243 e. The molecule has 186 valence electrons. The third kappa shape index (κ3) is 6.10. The van der Waals surface area contributed by atoms with E-state index in [1.807, 2.05) is 49.4 Å². The van der Waals surface area contributed by atoms with Gasteiger partial charge in [-0.25, -0.2) is 0 Å². The second kappa shape index (κ2) is 11.2. The van der Waals surface area contributed by atoms with Gasteiger partial charge in [0.1, 0.15) is 11.8 Å². The van der Waals surface area contributed by atoms with Crippen LogP contribution in [0.3, 0.4) is 0 Å². The first-order valence-corrected chi connectivity index (χ1v) is 12.0. The van der Waals surface area contributed by atoms with E-state index in [2.05, 4.69) is 20.4 Å². The number of carbonyl (C=O) groups excluding carboxylic acids is 3. The topological polar surface area (TPSA) is 94.2 Å².